The van der Waals surface area contributed by atoms with Gasteiger partial charge < -0.3 is 4.74 Å². The van der Waals surface area contributed by atoms with E-state index < -0.39 is 46.9 Å². The number of halogens is 1. The van der Waals surface area contributed by atoms with E-state index in [9.17, 15) is 19.2 Å². The van der Waals surface area contributed by atoms with Crippen molar-refractivity contribution in [2.45, 2.75) is 25.6 Å². The first-order valence-corrected chi connectivity index (χ1v) is 11.7. The van der Waals surface area contributed by atoms with Crippen molar-refractivity contribution in [1.82, 2.24) is 0 Å². The maximum absolute atomic E-state index is 14.0. The van der Waals surface area contributed by atoms with Crippen LogP contribution in [0.3, 0.4) is 0 Å². The number of amides is 2. The van der Waals surface area contributed by atoms with E-state index in [0.29, 0.717) is 21.8 Å². The molecule has 0 saturated carbocycles. The van der Waals surface area contributed by atoms with Gasteiger partial charge in [-0.1, -0.05) is 71.8 Å². The molecule has 3 atom stereocenters. The van der Waals surface area contributed by atoms with Crippen LogP contribution in [-0.2, 0) is 14.3 Å². The lowest BCUT2D eigenvalue weighted by molar-refractivity contribution is -0.127. The van der Waals surface area contributed by atoms with Crippen molar-refractivity contribution in [2.24, 2.45) is 11.8 Å². The molecule has 3 aliphatic rings. The van der Waals surface area contributed by atoms with E-state index in [0.717, 1.165) is 10.5 Å². The highest BCUT2D eigenvalue weighted by molar-refractivity contribution is 6.37. The normalized spacial score (nSPS) is 24.4. The van der Waals surface area contributed by atoms with Crippen molar-refractivity contribution in [3.8, 4) is 0 Å². The summed E-state index contributed by atoms with van der Waals surface area (Å²) in [6, 6.07) is 18.7. The van der Waals surface area contributed by atoms with Crippen molar-refractivity contribution < 1.29 is 23.9 Å². The number of carbonyl (C=O) groups is 4. The van der Waals surface area contributed by atoms with Crippen LogP contribution in [0.1, 0.15) is 43.5 Å². The molecule has 0 radical (unpaired) electrons. The molecular formula is C28H20ClNO5. The number of carbonyl (C=O) groups excluding carboxylic acids is 4. The van der Waals surface area contributed by atoms with Crippen molar-refractivity contribution >= 4 is 40.7 Å². The van der Waals surface area contributed by atoms with Crippen molar-refractivity contribution in [3.63, 3.8) is 0 Å². The summed E-state index contributed by atoms with van der Waals surface area (Å²) in [4.78, 5) is 56.5. The third-order valence-corrected chi connectivity index (χ3v) is 7.57. The third kappa shape index (κ3) is 2.81. The van der Waals surface area contributed by atoms with Crippen molar-refractivity contribution in [3.05, 3.63) is 99.6 Å². The van der Waals surface area contributed by atoms with E-state index in [2.05, 4.69) is 0 Å². The molecule has 2 heterocycles. The van der Waals surface area contributed by atoms with Gasteiger partial charge in [0.1, 0.15) is 0 Å². The summed E-state index contributed by atoms with van der Waals surface area (Å²) in [7, 11) is 0. The van der Waals surface area contributed by atoms with Crippen LogP contribution in [0.5, 0.6) is 0 Å². The highest BCUT2D eigenvalue weighted by Crippen LogP contribution is 2.57. The smallest absolute Gasteiger partial charge is 0.241 e. The van der Waals surface area contributed by atoms with Crippen LogP contribution in [0.4, 0.5) is 5.69 Å². The Morgan fingerprint density at radius 2 is 1.46 bits per heavy atom. The number of anilines is 1. The van der Waals surface area contributed by atoms with Crippen LogP contribution in [0.2, 0.25) is 5.02 Å². The van der Waals surface area contributed by atoms with Gasteiger partial charge in [-0.2, -0.15) is 0 Å². The Morgan fingerprint density at radius 1 is 0.829 bits per heavy atom. The van der Waals surface area contributed by atoms with Gasteiger partial charge >= 0.3 is 0 Å². The zero-order valence-electron chi connectivity index (χ0n) is 18.9. The van der Waals surface area contributed by atoms with Gasteiger partial charge in [0, 0.05) is 16.1 Å². The van der Waals surface area contributed by atoms with Crippen molar-refractivity contribution in [1.29, 1.82) is 0 Å². The molecule has 0 N–H and O–H groups in total. The second-order valence-corrected chi connectivity index (χ2v) is 9.77. The number of Topliss-reactive ketones (excluding diaryl/α,β-unsaturated/α-hetero) is 2. The van der Waals surface area contributed by atoms with E-state index in [4.69, 9.17) is 16.3 Å². The molecule has 2 amide bonds. The summed E-state index contributed by atoms with van der Waals surface area (Å²) >= 11 is 6.20. The maximum Gasteiger partial charge on any atom is 0.241 e. The van der Waals surface area contributed by atoms with Gasteiger partial charge in [0.25, 0.3) is 0 Å². The van der Waals surface area contributed by atoms with Gasteiger partial charge in [-0.15, -0.1) is 0 Å². The molecule has 1 spiro atoms. The molecule has 3 aromatic rings. The number of ether oxygens (including phenoxy) is 1. The minimum atomic E-state index is -2.09. The zero-order valence-corrected chi connectivity index (χ0v) is 19.7. The quantitative estimate of drug-likeness (QED) is 0.390. The number of rotatable bonds is 2. The number of imide groups is 1. The predicted octanol–water partition coefficient (Wildman–Crippen LogP) is 4.65. The second kappa shape index (κ2) is 7.44. The fourth-order valence-electron chi connectivity index (χ4n) is 5.64. The fourth-order valence-corrected chi connectivity index (χ4v) is 5.80. The van der Waals surface area contributed by atoms with Gasteiger partial charge in [0.2, 0.25) is 29.0 Å². The van der Waals surface area contributed by atoms with E-state index in [1.807, 2.05) is 19.1 Å². The zero-order chi connectivity index (χ0) is 24.6. The molecule has 174 valence electrons. The maximum atomic E-state index is 14.0. The predicted molar refractivity (Wildman–Crippen MR) is 129 cm³/mol. The van der Waals surface area contributed by atoms with Gasteiger partial charge in [-0.05, 0) is 37.1 Å². The third-order valence-electron chi connectivity index (χ3n) is 7.34. The van der Waals surface area contributed by atoms with Crippen LogP contribution in [0.15, 0.2) is 66.7 Å². The van der Waals surface area contributed by atoms with E-state index in [-0.39, 0.29) is 11.1 Å². The molecule has 2 saturated heterocycles. The highest BCUT2D eigenvalue weighted by atomic mass is 35.5. The van der Waals surface area contributed by atoms with Gasteiger partial charge in [-0.3, -0.25) is 19.2 Å². The molecule has 0 bridgehead atoms. The lowest BCUT2D eigenvalue weighted by atomic mass is 9.77. The summed E-state index contributed by atoms with van der Waals surface area (Å²) in [5, 5.41) is 0.365. The van der Waals surface area contributed by atoms with Crippen LogP contribution >= 0.6 is 11.6 Å². The van der Waals surface area contributed by atoms with Crippen LogP contribution < -0.4 is 4.90 Å². The number of benzene rings is 3. The Hall–Kier alpha value is -3.61. The lowest BCUT2D eigenvalue weighted by Gasteiger charge is -2.27. The Balaban J connectivity index is 1.56. The van der Waals surface area contributed by atoms with Crippen LogP contribution in [0.25, 0.3) is 0 Å². The minimum Gasteiger partial charge on any atom is -0.349 e. The average Bonchev–Trinajstić information content (AvgIpc) is 3.41. The molecule has 2 aliphatic heterocycles. The Kier molecular flexibility index (Phi) is 4.66. The SMILES string of the molecule is Cc1ccc([C@H]2OC3(C(=O)c4ccccc4C3=O)[C@H]3C(=O)N(c4cc(Cl)ccc4C)C(=O)[C@H]23)cc1. The lowest BCUT2D eigenvalue weighted by Crippen LogP contribution is -2.51. The van der Waals surface area contributed by atoms with Crippen molar-refractivity contribution in [2.75, 3.05) is 4.90 Å². The summed E-state index contributed by atoms with van der Waals surface area (Å²) < 4.78 is 6.30. The number of hydrogen-bond acceptors (Lipinski definition) is 5. The number of ketones is 2. The molecule has 1 aliphatic carbocycles. The summed E-state index contributed by atoms with van der Waals surface area (Å²) in [6.07, 6.45) is -0.941. The van der Waals surface area contributed by atoms with Gasteiger partial charge in [-0.25, -0.2) is 4.90 Å². The summed E-state index contributed by atoms with van der Waals surface area (Å²) in [5.74, 6) is -4.61. The number of fused-ring (bicyclic) bond motifs is 3. The molecule has 6 rings (SSSR count). The van der Waals surface area contributed by atoms with Crippen LogP contribution in [0, 0.1) is 25.7 Å². The Labute approximate surface area is 206 Å². The molecule has 6 nitrogen and oxygen atoms in total. The topological polar surface area (TPSA) is 80.8 Å². The summed E-state index contributed by atoms with van der Waals surface area (Å²) in [6.45, 7) is 3.70. The molecule has 3 aromatic carbocycles. The standard InChI is InChI=1S/C28H20ClNO5/c1-14-7-10-16(11-8-14)23-21-22(27(34)30(26(21)33)20-13-17(29)12-9-15(20)2)28(35-23)24(31)18-5-3-4-6-19(18)25(28)32/h3-13,21-23H,1-2H3/t21-,22+,23+/m0/s1. The van der Waals surface area contributed by atoms with Gasteiger partial charge in [0.15, 0.2) is 0 Å². The molecule has 0 unspecified atom stereocenters. The fraction of sp³-hybridized carbons (Fsp3) is 0.214. The molecule has 7 heteroatoms. The Morgan fingerprint density at radius 3 is 2.09 bits per heavy atom. The first-order valence-electron chi connectivity index (χ1n) is 11.3. The first kappa shape index (κ1) is 21.9. The monoisotopic (exact) mass is 485 g/mol. The number of aryl methyl sites for hydroxylation is 2. The highest BCUT2D eigenvalue weighted by Gasteiger charge is 2.74. The number of hydrogen-bond donors (Lipinski definition) is 0. The van der Waals surface area contributed by atoms with E-state index in [1.54, 1.807) is 61.5 Å². The Bertz CT molecular complexity index is 1430. The molecular weight excluding hydrogens is 466 g/mol. The largest absolute Gasteiger partial charge is 0.349 e. The number of nitrogens with zero attached hydrogens (tertiary/aromatic N) is 1. The summed E-state index contributed by atoms with van der Waals surface area (Å²) in [5.41, 5.74) is 0.975. The van der Waals surface area contributed by atoms with E-state index >= 15 is 0 Å². The van der Waals surface area contributed by atoms with Crippen LogP contribution in [-0.4, -0.2) is 29.0 Å². The molecule has 35 heavy (non-hydrogen) atoms. The minimum absolute atomic E-state index is 0.207. The second-order valence-electron chi connectivity index (χ2n) is 9.33. The van der Waals surface area contributed by atoms with Gasteiger partial charge in [0.05, 0.1) is 23.6 Å². The first-order chi connectivity index (χ1) is 16.8. The molecule has 2 fully saturated rings. The average molecular weight is 486 g/mol. The molecule has 0 aromatic heterocycles. The van der Waals surface area contributed by atoms with E-state index in [1.165, 1.54) is 0 Å².